The number of nitrogens with zero attached hydrogens (tertiary/aromatic N) is 1. The molecule has 34 heavy (non-hydrogen) atoms. The van der Waals surface area contributed by atoms with Crippen LogP contribution in [0.15, 0.2) is 47.2 Å². The topological polar surface area (TPSA) is 50.2 Å². The third-order valence-electron chi connectivity index (χ3n) is 5.26. The molecular weight excluding hydrogens is 666 g/mol. The summed E-state index contributed by atoms with van der Waals surface area (Å²) < 4.78 is 1.43. The van der Waals surface area contributed by atoms with E-state index in [4.69, 9.17) is 0 Å². The molecule has 2 aromatic heterocycles. The maximum absolute atomic E-state index is 11.5. The second kappa shape index (κ2) is 11.5. The van der Waals surface area contributed by atoms with Crippen LogP contribution in [0.3, 0.4) is 0 Å². The molecule has 0 amide bonds. The molecule has 0 saturated heterocycles. The molecule has 0 saturated carbocycles. The minimum atomic E-state index is -0.417. The normalized spacial score (nSPS) is 12.6. The number of hydrogen-bond donors (Lipinski definition) is 1. The Morgan fingerprint density at radius 3 is 2.15 bits per heavy atom. The number of fused-ring (bicyclic) bond motifs is 1. The fourth-order valence-electron chi connectivity index (χ4n) is 2.85. The van der Waals surface area contributed by atoms with E-state index < -0.39 is 5.41 Å². The van der Waals surface area contributed by atoms with E-state index in [1.165, 1.54) is 26.8 Å². The molecule has 0 unspecified atom stereocenters. The van der Waals surface area contributed by atoms with E-state index in [9.17, 15) is 9.90 Å². The quantitative estimate of drug-likeness (QED) is 0.131. The van der Waals surface area contributed by atoms with Crippen molar-refractivity contribution in [3.63, 3.8) is 0 Å². The van der Waals surface area contributed by atoms with Crippen molar-refractivity contribution >= 4 is 29.9 Å². The molecule has 1 aromatic carbocycles. The van der Waals surface area contributed by atoms with E-state index in [2.05, 4.69) is 68.0 Å². The van der Waals surface area contributed by atoms with E-state index in [0.29, 0.717) is 14.5 Å². The van der Waals surface area contributed by atoms with Crippen molar-refractivity contribution in [3.05, 3.63) is 64.4 Å². The van der Waals surface area contributed by atoms with Gasteiger partial charge in [0.05, 0.1) is 0 Å². The van der Waals surface area contributed by atoms with Crippen molar-refractivity contribution < 1.29 is 30.0 Å². The largest absolute Gasteiger partial charge is 0 e. The smallest absolute Gasteiger partial charge is 0 e. The maximum Gasteiger partial charge on any atom is 0 e. The van der Waals surface area contributed by atoms with Crippen LogP contribution in [-0.2, 0) is 30.3 Å². The summed E-state index contributed by atoms with van der Waals surface area (Å²) in [5.74, 6) is 0.104. The number of allylic oxidation sites excluding steroid dienone is 2. The summed E-state index contributed by atoms with van der Waals surface area (Å²) in [4.78, 5) is 18.4. The van der Waals surface area contributed by atoms with Gasteiger partial charge >= 0.3 is 126 Å². The summed E-state index contributed by atoms with van der Waals surface area (Å²) in [5, 5.41) is 10.8. The third kappa shape index (κ3) is 8.61. The number of carbonyl (C=O) groups is 1. The average Bonchev–Trinajstić information content (AvgIpc) is 3.13. The Labute approximate surface area is 225 Å². The number of ketones is 1. The number of carbonyl (C=O) groups excluding carboxylic acids is 1. The molecule has 5 heteroatoms. The van der Waals surface area contributed by atoms with Gasteiger partial charge in [0, 0.05) is 37.0 Å². The molecule has 0 aliphatic rings. The van der Waals surface area contributed by atoms with Gasteiger partial charge in [-0.05, 0) is 0 Å². The van der Waals surface area contributed by atoms with Crippen molar-refractivity contribution in [2.75, 3.05) is 0 Å². The zero-order valence-corrected chi connectivity index (χ0v) is 26.2. The number of benzene rings is 1. The monoisotopic (exact) mass is 705 g/mol. The molecule has 3 rings (SSSR count). The van der Waals surface area contributed by atoms with E-state index in [1.54, 1.807) is 0 Å². The van der Waals surface area contributed by atoms with Gasteiger partial charge in [-0.1, -0.05) is 41.5 Å². The Balaban J connectivity index is 0.000000364. The summed E-state index contributed by atoms with van der Waals surface area (Å²) in [6.07, 6.45) is 3.32. The van der Waals surface area contributed by atoms with E-state index >= 15 is 0 Å². The first kappa shape index (κ1) is 30.5. The first-order valence-electron chi connectivity index (χ1n) is 11.3. The zero-order valence-electron chi connectivity index (χ0n) is 22.1. The second-order valence-corrected chi connectivity index (χ2v) is 13.6. The van der Waals surface area contributed by atoms with Crippen LogP contribution in [0.5, 0.6) is 0 Å². The van der Waals surface area contributed by atoms with Crippen molar-refractivity contribution in [3.8, 4) is 11.3 Å². The van der Waals surface area contributed by atoms with Crippen LogP contribution >= 0.6 is 0 Å². The second-order valence-electron chi connectivity index (χ2n) is 11.6. The fourth-order valence-corrected chi connectivity index (χ4v) is 4.52. The molecule has 0 atom stereocenters. The molecule has 1 N–H and O–H groups in total. The van der Waals surface area contributed by atoms with Crippen LogP contribution in [0, 0.1) is 23.8 Å². The maximum atomic E-state index is 11.5. The van der Waals surface area contributed by atoms with Gasteiger partial charge in [0.1, 0.15) is 5.76 Å². The molecule has 3 aromatic rings. The zero-order chi connectivity index (χ0) is 25.2. The van der Waals surface area contributed by atoms with Crippen LogP contribution in [0.2, 0.25) is 0 Å². The Kier molecular flexibility index (Phi) is 10.3. The summed E-state index contributed by atoms with van der Waals surface area (Å²) >= 11 is 0.462. The SMILES string of the molecule is CC(C)(C)C(=O)/C=C(\O)C(C)(C)C.Cc1[c-]c(-c2cc3[se]ccc3cn2)cc(C(C)(C)C)c1.[Ir]. The predicted molar refractivity (Wildman–Crippen MR) is 141 cm³/mol. The molecule has 0 aliphatic carbocycles. The van der Waals surface area contributed by atoms with E-state index in [-0.39, 0.29) is 42.5 Å². The molecule has 0 aliphatic heterocycles. The Morgan fingerprint density at radius 2 is 1.62 bits per heavy atom. The number of rotatable bonds is 2. The van der Waals surface area contributed by atoms with Gasteiger partial charge in [0.15, 0.2) is 5.78 Å². The Morgan fingerprint density at radius 1 is 1.00 bits per heavy atom. The Bertz CT molecular complexity index is 1160. The molecule has 0 spiro atoms. The minimum absolute atomic E-state index is 0. The number of pyridine rings is 1. The van der Waals surface area contributed by atoms with Gasteiger partial charge in [-0.2, -0.15) is 0 Å². The van der Waals surface area contributed by atoms with Crippen LogP contribution in [-0.4, -0.2) is 30.4 Å². The van der Waals surface area contributed by atoms with Crippen LogP contribution < -0.4 is 0 Å². The van der Waals surface area contributed by atoms with Crippen molar-refractivity contribution in [2.45, 2.75) is 74.7 Å². The predicted octanol–water partition coefficient (Wildman–Crippen LogP) is 7.45. The molecule has 1 radical (unpaired) electrons. The summed E-state index contributed by atoms with van der Waals surface area (Å²) in [6.45, 7) is 20.0. The van der Waals surface area contributed by atoms with Crippen molar-refractivity contribution in [1.82, 2.24) is 4.98 Å². The van der Waals surface area contributed by atoms with Crippen LogP contribution in [0.1, 0.15) is 73.4 Å². The number of aliphatic hydroxyl groups is 1. The van der Waals surface area contributed by atoms with Crippen LogP contribution in [0.25, 0.3) is 20.9 Å². The number of aromatic nitrogens is 1. The standard InChI is InChI=1S/C18H18NSe.C11H20O2.Ir/c1-12-7-14(9-15(8-12)18(2,3)4)16-10-17-13(11-19-16)5-6-20-17;1-10(2,3)8(12)7-9(13)11(4,5)6;/h5-6,8-11H,1-4H3;7,12H,1-6H3;/q-1;;/b;8-7-;. The van der Waals surface area contributed by atoms with E-state index in [0.717, 1.165) is 11.3 Å². The van der Waals surface area contributed by atoms with Gasteiger partial charge in [-0.25, -0.2) is 0 Å². The number of aryl methyl sites for hydroxylation is 1. The molecule has 2 heterocycles. The summed E-state index contributed by atoms with van der Waals surface area (Å²) in [6, 6.07) is 12.3. The molecular formula is C29H38IrNO2Se-. The van der Waals surface area contributed by atoms with Crippen LogP contribution in [0.4, 0.5) is 0 Å². The average molecular weight is 704 g/mol. The van der Waals surface area contributed by atoms with Crippen molar-refractivity contribution in [1.29, 1.82) is 0 Å². The molecule has 187 valence electrons. The first-order valence-corrected chi connectivity index (χ1v) is 13.2. The third-order valence-corrected chi connectivity index (χ3v) is 7.10. The molecule has 3 nitrogen and oxygen atoms in total. The molecule has 0 fully saturated rings. The fraction of sp³-hybridized carbons (Fsp3) is 0.448. The van der Waals surface area contributed by atoms with E-state index in [1.807, 2.05) is 47.7 Å². The number of aliphatic hydroxyl groups excluding tert-OH is 1. The summed E-state index contributed by atoms with van der Waals surface area (Å²) in [5.41, 5.74) is 4.06. The minimum Gasteiger partial charge on any atom is 0 e. The Hall–Kier alpha value is -1.51. The number of hydrogen-bond acceptors (Lipinski definition) is 3. The van der Waals surface area contributed by atoms with Gasteiger partial charge < -0.3 is 5.11 Å². The first-order chi connectivity index (χ1) is 15.0. The molecule has 0 bridgehead atoms. The van der Waals surface area contributed by atoms with Crippen molar-refractivity contribution in [2.24, 2.45) is 10.8 Å². The van der Waals surface area contributed by atoms with Gasteiger partial charge in [0.25, 0.3) is 0 Å². The van der Waals surface area contributed by atoms with Gasteiger partial charge in [0.2, 0.25) is 0 Å². The van der Waals surface area contributed by atoms with Gasteiger partial charge in [-0.3, -0.25) is 4.79 Å². The summed E-state index contributed by atoms with van der Waals surface area (Å²) in [7, 11) is 0. The van der Waals surface area contributed by atoms with Gasteiger partial charge in [-0.15, -0.1) is 0 Å².